The average Bonchev–Trinajstić information content (AvgIpc) is 2.63. The number of hydrogen-bond donors (Lipinski definition) is 1. The van der Waals surface area contributed by atoms with E-state index < -0.39 is 0 Å². The van der Waals surface area contributed by atoms with Crippen LogP contribution in [0, 0.1) is 0 Å². The molecule has 0 aliphatic heterocycles. The summed E-state index contributed by atoms with van der Waals surface area (Å²) in [5.41, 5.74) is 3.20. The molecular weight excluding hydrogens is 242 g/mol. The van der Waals surface area contributed by atoms with Gasteiger partial charge in [0.05, 0.1) is 0 Å². The van der Waals surface area contributed by atoms with Crippen LogP contribution in [0.15, 0.2) is 24.3 Å². The van der Waals surface area contributed by atoms with E-state index in [2.05, 4.69) is 36.5 Å². The van der Waals surface area contributed by atoms with Crippen molar-refractivity contribution < 1.29 is 0 Å². The van der Waals surface area contributed by atoms with Gasteiger partial charge in [-0.1, -0.05) is 56.9 Å². The molecule has 0 aromatic heterocycles. The smallest absolute Gasteiger partial charge is 0.0136 e. The molecule has 2 atom stereocenters. The fraction of sp³-hybridized carbons (Fsp3) is 0.684. The molecule has 110 valence electrons. The molecule has 1 N–H and O–H groups in total. The Kier molecular flexibility index (Phi) is 4.77. The lowest BCUT2D eigenvalue weighted by Gasteiger charge is -2.29. The maximum Gasteiger partial charge on any atom is 0.0136 e. The summed E-state index contributed by atoms with van der Waals surface area (Å²) < 4.78 is 0. The molecule has 0 spiro atoms. The van der Waals surface area contributed by atoms with Crippen molar-refractivity contribution in [3.05, 3.63) is 35.4 Å². The topological polar surface area (TPSA) is 12.0 Å². The Balaban J connectivity index is 1.80. The molecule has 2 saturated carbocycles. The minimum Gasteiger partial charge on any atom is -0.314 e. The van der Waals surface area contributed by atoms with Gasteiger partial charge in [0.2, 0.25) is 0 Å². The van der Waals surface area contributed by atoms with Gasteiger partial charge in [0.25, 0.3) is 0 Å². The second-order valence-electron chi connectivity index (χ2n) is 6.71. The lowest BCUT2D eigenvalue weighted by Crippen LogP contribution is -2.34. The first-order valence-electron chi connectivity index (χ1n) is 8.71. The number of nitrogens with one attached hydrogen (secondary N) is 1. The fourth-order valence-corrected chi connectivity index (χ4v) is 4.00. The average molecular weight is 271 g/mol. The zero-order valence-corrected chi connectivity index (χ0v) is 12.9. The van der Waals surface area contributed by atoms with E-state index in [1.165, 1.54) is 51.4 Å². The number of rotatable bonds is 4. The van der Waals surface area contributed by atoms with Crippen LogP contribution in [0.5, 0.6) is 0 Å². The summed E-state index contributed by atoms with van der Waals surface area (Å²) in [5, 5.41) is 3.75. The molecule has 3 rings (SSSR count). The highest BCUT2D eigenvalue weighted by atomic mass is 14.9. The summed E-state index contributed by atoms with van der Waals surface area (Å²) in [7, 11) is 0. The van der Waals surface area contributed by atoms with E-state index in [1.807, 2.05) is 0 Å². The molecule has 2 aliphatic rings. The zero-order valence-electron chi connectivity index (χ0n) is 12.9. The molecule has 1 aromatic carbocycles. The number of hydrogen-bond acceptors (Lipinski definition) is 1. The van der Waals surface area contributed by atoms with Crippen LogP contribution in [-0.2, 0) is 0 Å². The van der Waals surface area contributed by atoms with E-state index in [9.17, 15) is 0 Å². The normalized spacial score (nSPS) is 27.9. The molecular formula is C19H29N. The Morgan fingerprint density at radius 1 is 0.950 bits per heavy atom. The molecule has 2 aliphatic carbocycles. The fourth-order valence-electron chi connectivity index (χ4n) is 4.00. The predicted molar refractivity (Wildman–Crippen MR) is 86.3 cm³/mol. The summed E-state index contributed by atoms with van der Waals surface area (Å²) in [6.07, 6.45) is 11.2. The van der Waals surface area contributed by atoms with Gasteiger partial charge in [-0.05, 0) is 55.2 Å². The van der Waals surface area contributed by atoms with Gasteiger partial charge < -0.3 is 5.32 Å². The molecule has 0 radical (unpaired) electrons. The highest BCUT2D eigenvalue weighted by Crippen LogP contribution is 2.39. The van der Waals surface area contributed by atoms with Crippen molar-refractivity contribution in [2.45, 2.75) is 76.2 Å². The van der Waals surface area contributed by atoms with Gasteiger partial charge in [0, 0.05) is 6.04 Å². The van der Waals surface area contributed by atoms with Crippen molar-refractivity contribution in [3.63, 3.8) is 0 Å². The second kappa shape index (κ2) is 6.76. The van der Waals surface area contributed by atoms with Gasteiger partial charge in [-0.15, -0.1) is 0 Å². The van der Waals surface area contributed by atoms with Crippen molar-refractivity contribution in [1.29, 1.82) is 0 Å². The Morgan fingerprint density at radius 2 is 1.75 bits per heavy atom. The molecule has 0 saturated heterocycles. The third kappa shape index (κ3) is 3.09. The monoisotopic (exact) mass is 271 g/mol. The van der Waals surface area contributed by atoms with Crippen LogP contribution in [0.3, 0.4) is 0 Å². The van der Waals surface area contributed by atoms with Gasteiger partial charge in [0.1, 0.15) is 0 Å². The first-order valence-corrected chi connectivity index (χ1v) is 8.71. The van der Waals surface area contributed by atoms with Gasteiger partial charge in [-0.3, -0.25) is 0 Å². The molecule has 1 aromatic rings. The van der Waals surface area contributed by atoms with Gasteiger partial charge in [0.15, 0.2) is 0 Å². The van der Waals surface area contributed by atoms with E-state index in [4.69, 9.17) is 0 Å². The first kappa shape index (κ1) is 14.1. The van der Waals surface area contributed by atoms with Crippen LogP contribution >= 0.6 is 0 Å². The maximum atomic E-state index is 3.75. The van der Waals surface area contributed by atoms with Crippen LogP contribution in [0.2, 0.25) is 0 Å². The quantitative estimate of drug-likeness (QED) is 0.762. The SMILES string of the molecule is CCNC1CCCCCC1c1cccc(C2CCC2)c1. The molecule has 1 nitrogen and oxygen atoms in total. The molecule has 0 bridgehead atoms. The minimum atomic E-state index is 0.694. The second-order valence-corrected chi connectivity index (χ2v) is 6.71. The van der Waals surface area contributed by atoms with Crippen molar-refractivity contribution in [1.82, 2.24) is 5.32 Å². The zero-order chi connectivity index (χ0) is 13.8. The van der Waals surface area contributed by atoms with E-state index >= 15 is 0 Å². The number of likely N-dealkylation sites (N-methyl/N-ethyl adjacent to an activating group) is 1. The summed E-state index contributed by atoms with van der Waals surface area (Å²) >= 11 is 0. The third-order valence-corrected chi connectivity index (χ3v) is 5.40. The molecule has 2 unspecified atom stereocenters. The Morgan fingerprint density at radius 3 is 2.50 bits per heavy atom. The Bertz CT molecular complexity index is 422. The van der Waals surface area contributed by atoms with Crippen LogP contribution in [0.1, 0.15) is 81.3 Å². The lowest BCUT2D eigenvalue weighted by molar-refractivity contribution is 0.411. The summed E-state index contributed by atoms with van der Waals surface area (Å²) in [6.45, 7) is 3.34. The molecule has 0 heterocycles. The van der Waals surface area contributed by atoms with Gasteiger partial charge in [-0.25, -0.2) is 0 Å². The minimum absolute atomic E-state index is 0.694. The highest BCUT2D eigenvalue weighted by molar-refractivity contribution is 5.31. The molecule has 0 amide bonds. The Labute approximate surface area is 124 Å². The van der Waals surface area contributed by atoms with Crippen LogP contribution in [-0.4, -0.2) is 12.6 Å². The van der Waals surface area contributed by atoms with Crippen LogP contribution in [0.25, 0.3) is 0 Å². The standard InChI is InChI=1S/C19H29N/c1-2-20-19-13-5-3-4-12-18(19)17-11-7-10-16(14-17)15-8-6-9-15/h7,10-11,14-15,18-20H,2-6,8-9,12-13H2,1H3. The van der Waals surface area contributed by atoms with E-state index in [0.29, 0.717) is 6.04 Å². The molecule has 20 heavy (non-hydrogen) atoms. The van der Waals surface area contributed by atoms with Gasteiger partial charge in [-0.2, -0.15) is 0 Å². The number of benzene rings is 1. The van der Waals surface area contributed by atoms with Crippen LogP contribution in [0.4, 0.5) is 0 Å². The van der Waals surface area contributed by atoms with Crippen molar-refractivity contribution in [3.8, 4) is 0 Å². The predicted octanol–water partition coefficient (Wildman–Crippen LogP) is 4.98. The van der Waals surface area contributed by atoms with E-state index in [1.54, 1.807) is 11.1 Å². The Hall–Kier alpha value is -0.820. The highest BCUT2D eigenvalue weighted by Gasteiger charge is 2.26. The summed E-state index contributed by atoms with van der Waals surface area (Å²) in [5.74, 6) is 1.59. The van der Waals surface area contributed by atoms with Crippen molar-refractivity contribution >= 4 is 0 Å². The molecule has 1 heteroatoms. The first-order chi connectivity index (χ1) is 9.88. The van der Waals surface area contributed by atoms with E-state index in [-0.39, 0.29) is 0 Å². The lowest BCUT2D eigenvalue weighted by atomic mass is 9.78. The summed E-state index contributed by atoms with van der Waals surface area (Å²) in [4.78, 5) is 0. The third-order valence-electron chi connectivity index (χ3n) is 5.40. The maximum absolute atomic E-state index is 3.75. The molecule has 2 fully saturated rings. The van der Waals surface area contributed by atoms with Crippen molar-refractivity contribution in [2.75, 3.05) is 6.54 Å². The summed E-state index contributed by atoms with van der Waals surface area (Å²) in [6, 6.07) is 10.3. The van der Waals surface area contributed by atoms with Crippen molar-refractivity contribution in [2.24, 2.45) is 0 Å². The van der Waals surface area contributed by atoms with E-state index in [0.717, 1.165) is 18.4 Å². The van der Waals surface area contributed by atoms with Gasteiger partial charge >= 0.3 is 0 Å². The van der Waals surface area contributed by atoms with Crippen LogP contribution < -0.4 is 5.32 Å². The largest absolute Gasteiger partial charge is 0.314 e.